The third-order valence-electron chi connectivity index (χ3n) is 3.01. The van der Waals surface area contributed by atoms with E-state index in [1.54, 1.807) is 0 Å². The second-order valence-electron chi connectivity index (χ2n) is 4.61. The lowest BCUT2D eigenvalue weighted by Gasteiger charge is -2.17. The van der Waals surface area contributed by atoms with Crippen molar-refractivity contribution in [3.05, 3.63) is 23.9 Å². The molecule has 0 radical (unpaired) electrons. The van der Waals surface area contributed by atoms with E-state index in [1.165, 1.54) is 0 Å². The number of hydrogen-bond acceptors (Lipinski definition) is 3. The van der Waals surface area contributed by atoms with Crippen LogP contribution in [0.4, 0.5) is 19.0 Å². The number of nitrogens with one attached hydrogen (secondary N) is 1. The molecular weight excluding hydrogens is 261 g/mol. The summed E-state index contributed by atoms with van der Waals surface area (Å²) in [7, 11) is 0. The third-order valence-corrected chi connectivity index (χ3v) is 3.01. The number of halogens is 3. The molecule has 4 nitrogen and oxygen atoms in total. The van der Waals surface area contributed by atoms with Gasteiger partial charge in [0, 0.05) is 12.2 Å². The molecule has 2 N–H and O–H groups in total. The zero-order valence-corrected chi connectivity index (χ0v) is 9.94. The Morgan fingerprint density at radius 1 is 1.53 bits per heavy atom. The fraction of sp³-hybridized carbons (Fsp3) is 0.500. The molecule has 0 aromatic carbocycles. The van der Waals surface area contributed by atoms with E-state index in [1.807, 2.05) is 0 Å². The maximum atomic E-state index is 12.5. The number of nitrogens with zero attached hydrogens (tertiary/aromatic N) is 1. The van der Waals surface area contributed by atoms with Crippen molar-refractivity contribution < 1.29 is 23.1 Å². The average molecular weight is 274 g/mol. The number of pyridine rings is 1. The topological polar surface area (TPSA) is 62.2 Å². The van der Waals surface area contributed by atoms with E-state index in [9.17, 15) is 18.0 Å². The minimum absolute atomic E-state index is 0.0629. The molecule has 104 valence electrons. The Balaban J connectivity index is 2.10. The van der Waals surface area contributed by atoms with Crippen LogP contribution in [-0.2, 0) is 11.0 Å². The summed E-state index contributed by atoms with van der Waals surface area (Å²) in [5, 5.41) is 11.6. The quantitative estimate of drug-likeness (QED) is 0.866. The van der Waals surface area contributed by atoms with E-state index < -0.39 is 17.7 Å². The Morgan fingerprint density at radius 2 is 2.21 bits per heavy atom. The van der Waals surface area contributed by atoms with Crippen molar-refractivity contribution >= 4 is 11.8 Å². The van der Waals surface area contributed by atoms with E-state index in [-0.39, 0.29) is 24.2 Å². The summed E-state index contributed by atoms with van der Waals surface area (Å²) in [5.41, 5.74) is -0.796. The number of carbonyl (C=O) groups is 1. The van der Waals surface area contributed by atoms with Crippen LogP contribution in [0.2, 0.25) is 0 Å². The Labute approximate surface area is 107 Å². The van der Waals surface area contributed by atoms with Gasteiger partial charge < -0.3 is 10.4 Å². The lowest BCUT2D eigenvalue weighted by molar-refractivity contribution is -0.138. The fourth-order valence-electron chi connectivity index (χ4n) is 1.90. The Morgan fingerprint density at radius 3 is 2.74 bits per heavy atom. The van der Waals surface area contributed by atoms with Gasteiger partial charge in [-0.3, -0.25) is 4.79 Å². The highest BCUT2D eigenvalue weighted by atomic mass is 19.4. The highest BCUT2D eigenvalue weighted by molar-refractivity contribution is 5.68. The molecule has 0 aliphatic heterocycles. The largest absolute Gasteiger partial charge is 0.481 e. The molecule has 7 heteroatoms. The molecule has 1 saturated carbocycles. The van der Waals surface area contributed by atoms with Crippen LogP contribution in [0, 0.1) is 5.92 Å². The summed E-state index contributed by atoms with van der Waals surface area (Å²) in [5.74, 6) is -0.711. The summed E-state index contributed by atoms with van der Waals surface area (Å²) in [6, 6.07) is 1.42. The molecule has 0 bridgehead atoms. The molecule has 2 rings (SSSR count). The first-order valence-electron chi connectivity index (χ1n) is 5.88. The van der Waals surface area contributed by atoms with Crippen LogP contribution in [0.3, 0.4) is 0 Å². The first-order valence-corrected chi connectivity index (χ1v) is 5.88. The van der Waals surface area contributed by atoms with Crippen molar-refractivity contribution in [2.45, 2.75) is 31.5 Å². The molecule has 0 amide bonds. The van der Waals surface area contributed by atoms with Gasteiger partial charge in [0.05, 0.1) is 12.0 Å². The van der Waals surface area contributed by atoms with Crippen LogP contribution in [-0.4, -0.2) is 22.1 Å². The van der Waals surface area contributed by atoms with Gasteiger partial charge >= 0.3 is 12.1 Å². The molecule has 1 heterocycles. The van der Waals surface area contributed by atoms with Gasteiger partial charge in [-0.05, 0) is 30.9 Å². The molecule has 1 atom stereocenters. The maximum absolute atomic E-state index is 12.5. The first kappa shape index (κ1) is 13.6. The van der Waals surface area contributed by atoms with E-state index in [0.717, 1.165) is 31.2 Å². The number of alkyl halides is 3. The van der Waals surface area contributed by atoms with Crippen molar-refractivity contribution in [1.29, 1.82) is 0 Å². The second kappa shape index (κ2) is 5.07. The molecule has 1 unspecified atom stereocenters. The van der Waals surface area contributed by atoms with Gasteiger partial charge in [0.1, 0.15) is 5.82 Å². The molecule has 0 spiro atoms. The van der Waals surface area contributed by atoms with Crippen molar-refractivity contribution in [1.82, 2.24) is 4.98 Å². The van der Waals surface area contributed by atoms with Gasteiger partial charge in [-0.2, -0.15) is 13.2 Å². The molecule has 1 aromatic heterocycles. The van der Waals surface area contributed by atoms with Gasteiger partial charge in [0.15, 0.2) is 0 Å². The lowest BCUT2D eigenvalue weighted by atomic mass is 10.1. The summed E-state index contributed by atoms with van der Waals surface area (Å²) in [4.78, 5) is 14.5. The van der Waals surface area contributed by atoms with Crippen molar-refractivity contribution in [3.8, 4) is 0 Å². The number of rotatable bonds is 5. The van der Waals surface area contributed by atoms with Gasteiger partial charge in [-0.15, -0.1) is 0 Å². The summed E-state index contributed by atoms with van der Waals surface area (Å²) in [6.07, 6.45) is -1.70. The monoisotopic (exact) mass is 274 g/mol. The number of aliphatic carboxylic acids is 1. The van der Waals surface area contributed by atoms with E-state index in [4.69, 9.17) is 5.11 Å². The summed E-state index contributed by atoms with van der Waals surface area (Å²) in [6.45, 7) is 0. The molecule has 19 heavy (non-hydrogen) atoms. The van der Waals surface area contributed by atoms with Crippen molar-refractivity contribution in [3.63, 3.8) is 0 Å². The number of aromatic nitrogens is 1. The molecule has 1 aliphatic carbocycles. The minimum atomic E-state index is -4.43. The molecule has 1 aromatic rings. The van der Waals surface area contributed by atoms with Crippen LogP contribution in [0.15, 0.2) is 18.3 Å². The number of carboxylic acid groups (broad SMARTS) is 1. The van der Waals surface area contributed by atoms with E-state index in [2.05, 4.69) is 10.3 Å². The zero-order chi connectivity index (χ0) is 14.0. The SMILES string of the molecule is O=C(O)CC(Nc1cc(C(F)(F)F)ccn1)C1CC1. The molecule has 1 fully saturated rings. The van der Waals surface area contributed by atoms with Gasteiger partial charge in [0.25, 0.3) is 0 Å². The predicted octanol–water partition coefficient (Wildman–Crippen LogP) is 2.77. The highest BCUT2D eigenvalue weighted by Crippen LogP contribution is 2.36. The van der Waals surface area contributed by atoms with Gasteiger partial charge in [-0.25, -0.2) is 4.98 Å². The summed E-state index contributed by atoms with van der Waals surface area (Å²) >= 11 is 0. The van der Waals surface area contributed by atoms with Crippen LogP contribution in [0.1, 0.15) is 24.8 Å². The average Bonchev–Trinajstić information content (AvgIpc) is 3.10. The Hall–Kier alpha value is -1.79. The number of anilines is 1. The van der Waals surface area contributed by atoms with Gasteiger partial charge in [-0.1, -0.05) is 0 Å². The van der Waals surface area contributed by atoms with Crippen molar-refractivity contribution in [2.24, 2.45) is 5.92 Å². The minimum Gasteiger partial charge on any atom is -0.481 e. The molecule has 1 aliphatic rings. The smallest absolute Gasteiger partial charge is 0.416 e. The van der Waals surface area contributed by atoms with Crippen molar-refractivity contribution in [2.75, 3.05) is 5.32 Å². The van der Waals surface area contributed by atoms with Crippen LogP contribution in [0.25, 0.3) is 0 Å². The van der Waals surface area contributed by atoms with Gasteiger partial charge in [0.2, 0.25) is 0 Å². The Bertz CT molecular complexity index is 472. The standard InChI is InChI=1S/C12H13F3N2O2/c13-12(14,15)8-3-4-16-10(5-8)17-9(6-11(18)19)7-1-2-7/h3-5,7,9H,1-2,6H2,(H,16,17)(H,18,19). The maximum Gasteiger partial charge on any atom is 0.416 e. The zero-order valence-electron chi connectivity index (χ0n) is 9.94. The first-order chi connectivity index (χ1) is 8.86. The fourth-order valence-corrected chi connectivity index (χ4v) is 1.90. The van der Waals surface area contributed by atoms with Crippen LogP contribution < -0.4 is 5.32 Å². The third kappa shape index (κ3) is 3.84. The van der Waals surface area contributed by atoms with E-state index >= 15 is 0 Å². The van der Waals surface area contributed by atoms with Crippen LogP contribution in [0.5, 0.6) is 0 Å². The molecule has 0 saturated heterocycles. The van der Waals surface area contributed by atoms with Crippen LogP contribution >= 0.6 is 0 Å². The normalized spacial score (nSPS) is 17.0. The molecular formula is C12H13F3N2O2. The summed E-state index contributed by atoms with van der Waals surface area (Å²) < 4.78 is 37.6. The lowest BCUT2D eigenvalue weighted by Crippen LogP contribution is -2.26. The highest BCUT2D eigenvalue weighted by Gasteiger charge is 2.34. The second-order valence-corrected chi connectivity index (χ2v) is 4.61. The predicted molar refractivity (Wildman–Crippen MR) is 61.6 cm³/mol. The number of hydrogen-bond donors (Lipinski definition) is 2. The van der Waals surface area contributed by atoms with E-state index in [0.29, 0.717) is 0 Å². The number of carboxylic acids is 1. The Kier molecular flexibility index (Phi) is 3.64.